The van der Waals surface area contributed by atoms with Crippen LogP contribution in [0.2, 0.25) is 0 Å². The molecule has 0 heterocycles. The van der Waals surface area contributed by atoms with Gasteiger partial charge < -0.3 is 15.1 Å². The Hall–Kier alpha value is 1.62. The van der Waals surface area contributed by atoms with Crippen LogP contribution in [-0.4, -0.2) is 23.4 Å². The minimum atomic E-state index is -1.08. The monoisotopic (exact) mass is 164 g/mol. The molecule has 8 heavy (non-hydrogen) atoms. The zero-order chi connectivity index (χ0) is 6.12. The third-order valence-electron chi connectivity index (χ3n) is 0.1000. The van der Waals surface area contributed by atoms with Crippen LogP contribution in [0, 0.1) is 0 Å². The van der Waals surface area contributed by atoms with Crippen LogP contribution in [0.3, 0.4) is 0 Å². The van der Waals surface area contributed by atoms with Crippen molar-refractivity contribution in [3.63, 3.8) is 0 Å². The number of hydrogen-bond acceptors (Lipinski definition) is 4. The largest absolute Gasteiger partial charge is 1.00 e. The van der Waals surface area contributed by atoms with Gasteiger partial charge in [0.25, 0.3) is 0 Å². The predicted octanol–water partition coefficient (Wildman–Crippen LogP) is -4.47. The Morgan fingerprint density at radius 3 is 1.50 bits per heavy atom. The summed E-state index contributed by atoms with van der Waals surface area (Å²) in [6, 6.07) is 0. The molecule has 0 spiro atoms. The van der Waals surface area contributed by atoms with E-state index >= 15 is 0 Å². The topological polar surface area (TPSA) is 80.6 Å². The average molecular weight is 164 g/mol. The van der Waals surface area contributed by atoms with Gasteiger partial charge in [0.1, 0.15) is 0 Å². The fourth-order valence-electron chi connectivity index (χ4n) is 0. The molecule has 0 aliphatic rings. The van der Waals surface area contributed by atoms with Gasteiger partial charge in [-0.05, 0) is 0 Å². The number of aliphatic hydroxyl groups is 2. The Morgan fingerprint density at radius 1 is 1.38 bits per heavy atom. The molecule has 0 fully saturated rings. The van der Waals surface area contributed by atoms with Gasteiger partial charge in [-0.2, -0.15) is 0 Å². The molecular formula is C2H6KO4P. The Morgan fingerprint density at radius 2 is 1.50 bits per heavy atom. The molecule has 0 aliphatic heterocycles. The Kier molecular flexibility index (Phi) is 47.8. The molecule has 0 saturated carbocycles. The van der Waals surface area contributed by atoms with Crippen LogP contribution in [0.25, 0.3) is 0 Å². The quantitative estimate of drug-likeness (QED) is 0.302. The zero-order valence-electron chi connectivity index (χ0n) is 4.57. The molecule has 0 saturated heterocycles. The fraction of sp³-hybridized carbons (Fsp3) is 1.00. The first kappa shape index (κ1) is 16.3. The van der Waals surface area contributed by atoms with Gasteiger partial charge in [-0.3, -0.25) is 4.57 Å². The Labute approximate surface area is 91.6 Å². The maximum absolute atomic E-state index is 8.35. The number of rotatable bonds is 1. The van der Waals surface area contributed by atoms with Crippen molar-refractivity contribution in [2.45, 2.75) is 0 Å². The first-order chi connectivity index (χ1) is 3.33. The second kappa shape index (κ2) is 23.5. The van der Waals surface area contributed by atoms with E-state index in [0.29, 0.717) is 0 Å². The minimum absolute atomic E-state index is 0. The van der Waals surface area contributed by atoms with Crippen LogP contribution in [-0.2, 0) is 4.57 Å². The summed E-state index contributed by atoms with van der Waals surface area (Å²) in [4.78, 5) is 8.35. The van der Waals surface area contributed by atoms with Crippen LogP contribution < -0.4 is 56.3 Å². The van der Waals surface area contributed by atoms with Crippen LogP contribution >= 0.6 is 8.69 Å². The van der Waals surface area contributed by atoms with Crippen molar-refractivity contribution in [2.75, 3.05) is 13.2 Å². The average Bonchev–Trinajstić information content (AvgIpc) is 1.69. The van der Waals surface area contributed by atoms with Crippen LogP contribution in [0.5, 0.6) is 0 Å². The van der Waals surface area contributed by atoms with E-state index in [1.54, 1.807) is 0 Å². The Balaban J connectivity index is -0.0000000575. The molecule has 0 aromatic heterocycles. The molecule has 0 unspecified atom stereocenters. The minimum Gasteiger partial charge on any atom is -0.772 e. The first-order valence-corrected chi connectivity index (χ1v) is 2.23. The SMILES string of the molecule is O=P[O-].OCCO.[K+]. The third-order valence-corrected chi connectivity index (χ3v) is 0.1000. The van der Waals surface area contributed by atoms with Crippen LogP contribution in [0.1, 0.15) is 0 Å². The van der Waals surface area contributed by atoms with Crippen molar-refractivity contribution < 1.29 is 71.1 Å². The van der Waals surface area contributed by atoms with Crippen LogP contribution in [0.4, 0.5) is 0 Å². The molecule has 2 N–H and O–H groups in total. The van der Waals surface area contributed by atoms with E-state index in [4.69, 9.17) is 19.7 Å². The second-order valence-electron chi connectivity index (χ2n) is 0.522. The van der Waals surface area contributed by atoms with Gasteiger partial charge in [-0.1, -0.05) is 0 Å². The fourth-order valence-corrected chi connectivity index (χ4v) is 0. The van der Waals surface area contributed by atoms with E-state index < -0.39 is 8.69 Å². The van der Waals surface area contributed by atoms with Gasteiger partial charge in [0.2, 0.25) is 0 Å². The summed E-state index contributed by atoms with van der Waals surface area (Å²) in [7, 11) is -1.08. The molecule has 0 aromatic rings. The van der Waals surface area contributed by atoms with Gasteiger partial charge >= 0.3 is 51.4 Å². The van der Waals surface area contributed by atoms with E-state index in [9.17, 15) is 0 Å². The summed E-state index contributed by atoms with van der Waals surface area (Å²) >= 11 is 0. The molecule has 44 valence electrons. The van der Waals surface area contributed by atoms with Crippen molar-refractivity contribution >= 4 is 8.69 Å². The molecule has 0 aromatic carbocycles. The van der Waals surface area contributed by atoms with Crippen molar-refractivity contribution in [3.8, 4) is 0 Å². The summed E-state index contributed by atoms with van der Waals surface area (Å²) in [5.41, 5.74) is 0. The van der Waals surface area contributed by atoms with Crippen molar-refractivity contribution in [1.29, 1.82) is 0 Å². The molecule has 0 amide bonds. The summed E-state index contributed by atoms with van der Waals surface area (Å²) in [5.74, 6) is 0. The van der Waals surface area contributed by atoms with E-state index in [2.05, 4.69) is 0 Å². The molecule has 0 rings (SSSR count). The maximum atomic E-state index is 8.35. The van der Waals surface area contributed by atoms with Gasteiger partial charge in [0, 0.05) is 0 Å². The number of aliphatic hydroxyl groups excluding tert-OH is 2. The second-order valence-corrected chi connectivity index (χ2v) is 0.671. The van der Waals surface area contributed by atoms with Gasteiger partial charge in [-0.15, -0.1) is 0 Å². The van der Waals surface area contributed by atoms with Gasteiger partial charge in [0.05, 0.1) is 21.9 Å². The standard InChI is InChI=1S/C2H6O2.K.HO2P/c3-1-2-4;;1-3-2/h3-4H,1-2H2;;(H,1,2)/q;+1;/p-1. The molecule has 4 nitrogen and oxygen atoms in total. The summed E-state index contributed by atoms with van der Waals surface area (Å²) < 4.78 is 8.35. The van der Waals surface area contributed by atoms with Gasteiger partial charge in [-0.25, -0.2) is 0 Å². The van der Waals surface area contributed by atoms with Crippen LogP contribution in [0.15, 0.2) is 0 Å². The predicted molar refractivity (Wildman–Crippen MR) is 21.8 cm³/mol. The molecule has 6 heteroatoms. The smallest absolute Gasteiger partial charge is 0.772 e. The van der Waals surface area contributed by atoms with Crippen molar-refractivity contribution in [2.24, 2.45) is 0 Å². The van der Waals surface area contributed by atoms with Gasteiger partial charge in [0.15, 0.2) is 0 Å². The van der Waals surface area contributed by atoms with E-state index in [1.165, 1.54) is 0 Å². The van der Waals surface area contributed by atoms with E-state index in [-0.39, 0.29) is 64.6 Å². The zero-order valence-corrected chi connectivity index (χ0v) is 8.59. The number of hydrogen-bond donors (Lipinski definition) is 2. The Bertz CT molecular complexity index is 33.2. The molecule has 0 radical (unpaired) electrons. The molecule has 0 atom stereocenters. The first-order valence-electron chi connectivity index (χ1n) is 1.50. The summed E-state index contributed by atoms with van der Waals surface area (Å²) in [6.07, 6.45) is 0. The van der Waals surface area contributed by atoms with Crippen molar-refractivity contribution in [1.82, 2.24) is 0 Å². The summed E-state index contributed by atoms with van der Waals surface area (Å²) in [5, 5.41) is 15.2. The molecular weight excluding hydrogens is 158 g/mol. The van der Waals surface area contributed by atoms with Crippen molar-refractivity contribution in [3.05, 3.63) is 0 Å². The van der Waals surface area contributed by atoms with E-state index in [0.717, 1.165) is 0 Å². The summed E-state index contributed by atoms with van der Waals surface area (Å²) in [6.45, 7) is -0.250. The normalized spacial score (nSPS) is 6.38. The van der Waals surface area contributed by atoms with E-state index in [1.807, 2.05) is 0 Å². The molecule has 0 aliphatic carbocycles. The maximum Gasteiger partial charge on any atom is 1.00 e. The molecule has 0 bridgehead atoms. The third kappa shape index (κ3) is 48.7.